The van der Waals surface area contributed by atoms with Crippen LogP contribution in [-0.2, 0) is 20.0 Å². The van der Waals surface area contributed by atoms with Gasteiger partial charge in [0.15, 0.2) is 0 Å². The highest BCUT2D eigenvalue weighted by molar-refractivity contribution is 9.10. The third-order valence-corrected chi connectivity index (χ3v) is 4.40. The first-order chi connectivity index (χ1) is 10.0. The van der Waals surface area contributed by atoms with Crippen LogP contribution < -0.4 is 10.1 Å². The summed E-state index contributed by atoms with van der Waals surface area (Å²) in [4.78, 5) is 0. The van der Waals surface area contributed by atoms with Crippen molar-refractivity contribution in [2.45, 2.75) is 32.9 Å². The molecule has 0 fully saturated rings. The summed E-state index contributed by atoms with van der Waals surface area (Å²) in [5, 5.41) is 7.98. The van der Waals surface area contributed by atoms with E-state index in [1.165, 1.54) is 16.7 Å². The van der Waals surface area contributed by atoms with Crippen LogP contribution in [0, 0.1) is 6.92 Å². The molecule has 0 aliphatic carbocycles. The minimum atomic E-state index is 0.259. The Bertz CT molecular complexity index is 666. The highest BCUT2D eigenvalue weighted by Gasteiger charge is 2.18. The third-order valence-electron chi connectivity index (χ3n) is 3.94. The van der Waals surface area contributed by atoms with Crippen LogP contribution in [0.4, 0.5) is 0 Å². The van der Waals surface area contributed by atoms with Crippen LogP contribution in [0.2, 0.25) is 0 Å². The molecule has 112 valence electrons. The maximum atomic E-state index is 5.77. The number of rotatable bonds is 4. The molecule has 1 aliphatic heterocycles. The van der Waals surface area contributed by atoms with E-state index in [9.17, 15) is 0 Å². The van der Waals surface area contributed by atoms with Crippen molar-refractivity contribution in [3.63, 3.8) is 0 Å². The molecule has 4 nitrogen and oxygen atoms in total. The van der Waals surface area contributed by atoms with Crippen LogP contribution in [0.3, 0.4) is 0 Å². The zero-order valence-corrected chi connectivity index (χ0v) is 14.2. The summed E-state index contributed by atoms with van der Waals surface area (Å²) < 4.78 is 8.76. The van der Waals surface area contributed by atoms with Gasteiger partial charge in [-0.15, -0.1) is 0 Å². The van der Waals surface area contributed by atoms with Crippen LogP contribution >= 0.6 is 15.9 Å². The summed E-state index contributed by atoms with van der Waals surface area (Å²) in [6.45, 7) is 5.80. The number of nitrogens with zero attached hydrogens (tertiary/aromatic N) is 2. The maximum Gasteiger partial charge on any atom is 0.127 e. The van der Waals surface area contributed by atoms with Crippen molar-refractivity contribution < 1.29 is 4.74 Å². The number of hydrogen-bond donors (Lipinski definition) is 1. The summed E-state index contributed by atoms with van der Waals surface area (Å²) >= 11 is 3.59. The fourth-order valence-corrected chi connectivity index (χ4v) is 3.45. The SMILES string of the molecule is Cc1nn(C)cc1C(C)NCc1cc(Br)cc2c1OCC2. The predicted octanol–water partition coefficient (Wildman–Crippen LogP) is 3.28. The van der Waals surface area contributed by atoms with Gasteiger partial charge in [0, 0.05) is 47.9 Å². The van der Waals surface area contributed by atoms with Crippen molar-refractivity contribution in [2.24, 2.45) is 7.05 Å². The molecule has 1 unspecified atom stereocenters. The number of benzene rings is 1. The summed E-state index contributed by atoms with van der Waals surface area (Å²) in [5.74, 6) is 1.06. The standard InChI is InChI=1S/C16H20BrN3O/c1-10(15-9-20(3)19-11(15)2)18-8-13-7-14(17)6-12-4-5-21-16(12)13/h6-7,9-10,18H,4-5,8H2,1-3H3. The fraction of sp³-hybridized carbons (Fsp3) is 0.438. The Morgan fingerprint density at radius 3 is 3.00 bits per heavy atom. The summed E-state index contributed by atoms with van der Waals surface area (Å²) in [6.07, 6.45) is 3.08. The molecule has 21 heavy (non-hydrogen) atoms. The Kier molecular flexibility index (Phi) is 4.04. The molecule has 2 aromatic rings. The lowest BCUT2D eigenvalue weighted by Crippen LogP contribution is -2.18. The fourth-order valence-electron chi connectivity index (χ4n) is 2.89. The van der Waals surface area contributed by atoms with Gasteiger partial charge in [0.1, 0.15) is 5.75 Å². The van der Waals surface area contributed by atoms with E-state index in [1.807, 2.05) is 18.7 Å². The van der Waals surface area contributed by atoms with Crippen LogP contribution in [0.5, 0.6) is 5.75 Å². The van der Waals surface area contributed by atoms with Crippen molar-refractivity contribution in [3.05, 3.63) is 45.2 Å². The quantitative estimate of drug-likeness (QED) is 0.920. The molecule has 2 heterocycles. The van der Waals surface area contributed by atoms with Gasteiger partial charge in [-0.3, -0.25) is 4.68 Å². The summed E-state index contributed by atoms with van der Waals surface area (Å²) in [5.41, 5.74) is 4.83. The van der Waals surface area contributed by atoms with Crippen molar-refractivity contribution in [1.29, 1.82) is 0 Å². The first-order valence-electron chi connectivity index (χ1n) is 7.22. The van der Waals surface area contributed by atoms with Gasteiger partial charge in [-0.1, -0.05) is 15.9 Å². The Labute approximate surface area is 133 Å². The van der Waals surface area contributed by atoms with Gasteiger partial charge in [0.2, 0.25) is 0 Å². The minimum Gasteiger partial charge on any atom is -0.493 e. The second kappa shape index (κ2) is 5.81. The van der Waals surface area contributed by atoms with E-state index in [0.29, 0.717) is 0 Å². The summed E-state index contributed by atoms with van der Waals surface area (Å²) in [7, 11) is 1.96. The monoisotopic (exact) mass is 349 g/mol. The van der Waals surface area contributed by atoms with Gasteiger partial charge in [-0.25, -0.2) is 0 Å². The van der Waals surface area contributed by atoms with E-state index in [0.717, 1.165) is 35.5 Å². The molecule has 1 aromatic carbocycles. The van der Waals surface area contributed by atoms with Crippen LogP contribution in [0.25, 0.3) is 0 Å². The average molecular weight is 350 g/mol. The highest BCUT2D eigenvalue weighted by atomic mass is 79.9. The molecular formula is C16H20BrN3O. The van der Waals surface area contributed by atoms with Gasteiger partial charge in [0.25, 0.3) is 0 Å². The smallest absolute Gasteiger partial charge is 0.127 e. The zero-order chi connectivity index (χ0) is 15.0. The largest absolute Gasteiger partial charge is 0.493 e. The number of halogens is 1. The Morgan fingerprint density at radius 2 is 2.29 bits per heavy atom. The van der Waals surface area contributed by atoms with Gasteiger partial charge < -0.3 is 10.1 Å². The number of fused-ring (bicyclic) bond motifs is 1. The Balaban J connectivity index is 1.75. The lowest BCUT2D eigenvalue weighted by Gasteiger charge is -2.15. The number of nitrogens with one attached hydrogen (secondary N) is 1. The molecule has 3 rings (SSSR count). The lowest BCUT2D eigenvalue weighted by molar-refractivity contribution is 0.351. The first kappa shape index (κ1) is 14.6. The molecule has 0 saturated heterocycles. The molecule has 0 bridgehead atoms. The zero-order valence-electron chi connectivity index (χ0n) is 12.6. The highest BCUT2D eigenvalue weighted by Crippen LogP contribution is 2.33. The van der Waals surface area contributed by atoms with E-state index in [1.54, 1.807) is 0 Å². The van der Waals surface area contributed by atoms with Crippen molar-refractivity contribution in [3.8, 4) is 5.75 Å². The number of ether oxygens (including phenoxy) is 1. The lowest BCUT2D eigenvalue weighted by atomic mass is 10.1. The van der Waals surface area contributed by atoms with E-state index in [2.05, 4.69) is 51.6 Å². The molecule has 5 heteroatoms. The molecule has 1 aliphatic rings. The number of aryl methyl sites for hydroxylation is 2. The molecule has 0 amide bonds. The normalized spacial score (nSPS) is 14.9. The first-order valence-corrected chi connectivity index (χ1v) is 8.01. The second-order valence-corrected chi connectivity index (χ2v) is 6.51. The van der Waals surface area contributed by atoms with Crippen LogP contribution in [0.1, 0.15) is 35.3 Å². The van der Waals surface area contributed by atoms with Crippen molar-refractivity contribution in [2.75, 3.05) is 6.61 Å². The number of aromatic nitrogens is 2. The van der Waals surface area contributed by atoms with E-state index in [-0.39, 0.29) is 6.04 Å². The van der Waals surface area contributed by atoms with Gasteiger partial charge in [-0.2, -0.15) is 5.10 Å². The van der Waals surface area contributed by atoms with Crippen LogP contribution in [-0.4, -0.2) is 16.4 Å². The van der Waals surface area contributed by atoms with Gasteiger partial charge >= 0.3 is 0 Å². The van der Waals surface area contributed by atoms with Gasteiger partial charge in [0.05, 0.1) is 12.3 Å². The number of hydrogen-bond acceptors (Lipinski definition) is 3. The molecule has 1 N–H and O–H groups in total. The van der Waals surface area contributed by atoms with Gasteiger partial charge in [-0.05, 0) is 31.5 Å². The molecule has 1 aromatic heterocycles. The van der Waals surface area contributed by atoms with E-state index in [4.69, 9.17) is 4.74 Å². The molecule has 0 radical (unpaired) electrons. The maximum absolute atomic E-state index is 5.77. The third kappa shape index (κ3) is 2.99. The molecular weight excluding hydrogens is 330 g/mol. The van der Waals surface area contributed by atoms with E-state index < -0.39 is 0 Å². The topological polar surface area (TPSA) is 39.1 Å². The molecule has 1 atom stereocenters. The predicted molar refractivity (Wildman–Crippen MR) is 86.5 cm³/mol. The van der Waals surface area contributed by atoms with Crippen molar-refractivity contribution in [1.82, 2.24) is 15.1 Å². The minimum absolute atomic E-state index is 0.259. The summed E-state index contributed by atoms with van der Waals surface area (Å²) in [6, 6.07) is 4.55. The van der Waals surface area contributed by atoms with Crippen molar-refractivity contribution >= 4 is 15.9 Å². The average Bonchev–Trinajstić information content (AvgIpc) is 3.01. The molecule has 0 saturated carbocycles. The molecule has 0 spiro atoms. The second-order valence-electron chi connectivity index (χ2n) is 5.60. The van der Waals surface area contributed by atoms with E-state index >= 15 is 0 Å². The Hall–Kier alpha value is -1.33. The Morgan fingerprint density at radius 1 is 1.48 bits per heavy atom. The van der Waals surface area contributed by atoms with Crippen LogP contribution in [0.15, 0.2) is 22.8 Å².